The summed E-state index contributed by atoms with van der Waals surface area (Å²) in [5, 5.41) is 6.72. The normalized spacial score (nSPS) is 36.2. The van der Waals surface area contributed by atoms with Crippen LogP contribution in [0.5, 0.6) is 0 Å². The number of piperidine rings is 1. The van der Waals surface area contributed by atoms with Crippen LogP contribution in [-0.2, 0) is 9.53 Å². The molecule has 2 N–H and O–H groups in total. The molecular formula is C12H22N2O2. The van der Waals surface area contributed by atoms with Gasteiger partial charge in [-0.15, -0.1) is 0 Å². The Hall–Kier alpha value is -0.610. The number of carbonyl (C=O) groups is 1. The van der Waals surface area contributed by atoms with E-state index in [9.17, 15) is 4.79 Å². The molecule has 2 saturated heterocycles. The minimum absolute atomic E-state index is 0.121. The van der Waals surface area contributed by atoms with E-state index in [2.05, 4.69) is 10.6 Å². The zero-order valence-corrected chi connectivity index (χ0v) is 10.2. The van der Waals surface area contributed by atoms with E-state index in [1.54, 1.807) is 0 Å². The van der Waals surface area contributed by atoms with Crippen LogP contribution in [0.25, 0.3) is 0 Å². The molecule has 0 radical (unpaired) electrons. The first-order valence-electron chi connectivity index (χ1n) is 6.20. The molecule has 2 aliphatic rings. The molecule has 4 nitrogen and oxygen atoms in total. The van der Waals surface area contributed by atoms with Crippen molar-refractivity contribution in [3.05, 3.63) is 0 Å². The van der Waals surface area contributed by atoms with Crippen LogP contribution in [0, 0.1) is 11.8 Å². The van der Waals surface area contributed by atoms with Crippen molar-refractivity contribution < 1.29 is 9.53 Å². The summed E-state index contributed by atoms with van der Waals surface area (Å²) in [5.74, 6) is 1.27. The lowest BCUT2D eigenvalue weighted by Gasteiger charge is -2.28. The topological polar surface area (TPSA) is 50.4 Å². The molecule has 0 saturated carbocycles. The van der Waals surface area contributed by atoms with Gasteiger partial charge in [0, 0.05) is 0 Å². The van der Waals surface area contributed by atoms with Crippen LogP contribution in [0.4, 0.5) is 0 Å². The third-order valence-electron chi connectivity index (χ3n) is 4.11. The molecule has 16 heavy (non-hydrogen) atoms. The van der Waals surface area contributed by atoms with Crippen LogP contribution in [0.3, 0.4) is 0 Å². The molecule has 0 spiro atoms. The molecule has 4 heteroatoms. The molecule has 0 aromatic rings. The summed E-state index contributed by atoms with van der Waals surface area (Å²) in [6.45, 7) is 5.16. The minimum atomic E-state index is -0.454. The maximum absolute atomic E-state index is 11.7. The summed E-state index contributed by atoms with van der Waals surface area (Å²) < 4.78 is 4.86. The van der Waals surface area contributed by atoms with E-state index in [1.807, 2.05) is 6.92 Å². The molecule has 2 fully saturated rings. The average molecular weight is 226 g/mol. The number of nitrogens with one attached hydrogen (secondary N) is 2. The highest BCUT2D eigenvalue weighted by atomic mass is 16.5. The number of hydrogen-bond acceptors (Lipinski definition) is 4. The van der Waals surface area contributed by atoms with Gasteiger partial charge in [0.2, 0.25) is 0 Å². The summed E-state index contributed by atoms with van der Waals surface area (Å²) >= 11 is 0. The van der Waals surface area contributed by atoms with Crippen molar-refractivity contribution >= 4 is 5.97 Å². The van der Waals surface area contributed by atoms with Crippen molar-refractivity contribution in [1.29, 1.82) is 0 Å². The van der Waals surface area contributed by atoms with Gasteiger partial charge in [0.25, 0.3) is 0 Å². The van der Waals surface area contributed by atoms with E-state index >= 15 is 0 Å². The molecule has 2 heterocycles. The fourth-order valence-corrected chi connectivity index (χ4v) is 3.05. The van der Waals surface area contributed by atoms with Crippen molar-refractivity contribution in [2.75, 3.05) is 26.7 Å². The van der Waals surface area contributed by atoms with Crippen molar-refractivity contribution in [2.45, 2.75) is 31.7 Å². The van der Waals surface area contributed by atoms with E-state index in [0.29, 0.717) is 5.92 Å². The quantitative estimate of drug-likeness (QED) is 0.674. The minimum Gasteiger partial charge on any atom is -0.468 e. The molecule has 0 amide bonds. The summed E-state index contributed by atoms with van der Waals surface area (Å²) in [6.07, 6.45) is 3.40. The van der Waals surface area contributed by atoms with Crippen molar-refractivity contribution in [2.24, 2.45) is 11.8 Å². The van der Waals surface area contributed by atoms with Crippen molar-refractivity contribution in [1.82, 2.24) is 10.6 Å². The monoisotopic (exact) mass is 226 g/mol. The summed E-state index contributed by atoms with van der Waals surface area (Å²) in [4.78, 5) is 11.7. The van der Waals surface area contributed by atoms with E-state index in [0.717, 1.165) is 32.0 Å². The Morgan fingerprint density at radius 2 is 2.00 bits per heavy atom. The second-order valence-corrected chi connectivity index (χ2v) is 5.26. The molecule has 0 bridgehead atoms. The van der Waals surface area contributed by atoms with E-state index in [1.165, 1.54) is 20.0 Å². The van der Waals surface area contributed by atoms with Gasteiger partial charge >= 0.3 is 5.97 Å². The molecule has 92 valence electrons. The van der Waals surface area contributed by atoms with Gasteiger partial charge in [0.1, 0.15) is 5.54 Å². The van der Waals surface area contributed by atoms with Gasteiger partial charge in [-0.1, -0.05) is 0 Å². The molecule has 2 unspecified atom stereocenters. The number of methoxy groups -OCH3 is 1. The standard InChI is InChI=1S/C12H22N2O2/c1-12(11(15)16-2)7-10(8-14-12)9-3-5-13-6-4-9/h9-10,13-14H,3-8H2,1-2H3. The fourth-order valence-electron chi connectivity index (χ4n) is 3.05. The largest absolute Gasteiger partial charge is 0.468 e. The Kier molecular flexibility index (Phi) is 3.50. The Labute approximate surface area is 97.1 Å². The average Bonchev–Trinajstić information content (AvgIpc) is 2.73. The van der Waals surface area contributed by atoms with Gasteiger partial charge in [-0.25, -0.2) is 0 Å². The lowest BCUT2D eigenvalue weighted by Crippen LogP contribution is -2.45. The maximum Gasteiger partial charge on any atom is 0.325 e. The Morgan fingerprint density at radius 3 is 2.62 bits per heavy atom. The van der Waals surface area contributed by atoms with Gasteiger partial charge in [0.15, 0.2) is 0 Å². The van der Waals surface area contributed by atoms with Gasteiger partial charge in [0.05, 0.1) is 7.11 Å². The smallest absolute Gasteiger partial charge is 0.325 e. The zero-order chi connectivity index (χ0) is 11.6. The first-order chi connectivity index (χ1) is 7.65. The molecule has 2 rings (SSSR count). The van der Waals surface area contributed by atoms with E-state index < -0.39 is 5.54 Å². The number of hydrogen-bond donors (Lipinski definition) is 2. The molecule has 0 aromatic carbocycles. The van der Waals surface area contributed by atoms with Gasteiger partial charge in [-0.2, -0.15) is 0 Å². The lowest BCUT2D eigenvalue weighted by molar-refractivity contribution is -0.147. The van der Waals surface area contributed by atoms with Crippen molar-refractivity contribution in [3.8, 4) is 0 Å². The van der Waals surface area contributed by atoms with Crippen LogP contribution in [0.15, 0.2) is 0 Å². The van der Waals surface area contributed by atoms with Crippen LogP contribution < -0.4 is 10.6 Å². The Morgan fingerprint density at radius 1 is 1.31 bits per heavy atom. The highest BCUT2D eigenvalue weighted by Gasteiger charge is 2.44. The highest BCUT2D eigenvalue weighted by molar-refractivity contribution is 5.80. The predicted octanol–water partition coefficient (Wildman–Crippen LogP) is 0.527. The Bertz CT molecular complexity index is 264. The van der Waals surface area contributed by atoms with Crippen LogP contribution in [0.2, 0.25) is 0 Å². The maximum atomic E-state index is 11.7. The van der Waals surface area contributed by atoms with Crippen LogP contribution in [0.1, 0.15) is 26.2 Å². The first-order valence-corrected chi connectivity index (χ1v) is 6.20. The van der Waals surface area contributed by atoms with E-state index in [-0.39, 0.29) is 5.97 Å². The Balaban J connectivity index is 1.93. The lowest BCUT2D eigenvalue weighted by atomic mass is 9.81. The second-order valence-electron chi connectivity index (χ2n) is 5.26. The number of esters is 1. The summed E-state index contributed by atoms with van der Waals surface area (Å²) in [7, 11) is 1.47. The molecular weight excluding hydrogens is 204 g/mol. The summed E-state index contributed by atoms with van der Waals surface area (Å²) in [6, 6.07) is 0. The number of rotatable bonds is 2. The van der Waals surface area contributed by atoms with E-state index in [4.69, 9.17) is 4.74 Å². The van der Waals surface area contributed by atoms with Gasteiger partial charge in [-0.05, 0) is 57.7 Å². The molecule has 0 aliphatic carbocycles. The summed E-state index contributed by atoms with van der Waals surface area (Å²) in [5.41, 5.74) is -0.454. The van der Waals surface area contributed by atoms with Gasteiger partial charge < -0.3 is 15.4 Å². The zero-order valence-electron chi connectivity index (χ0n) is 10.2. The highest BCUT2D eigenvalue weighted by Crippen LogP contribution is 2.34. The van der Waals surface area contributed by atoms with Crippen molar-refractivity contribution in [3.63, 3.8) is 0 Å². The molecule has 2 atom stereocenters. The number of carbonyl (C=O) groups excluding carboxylic acids is 1. The third-order valence-corrected chi connectivity index (χ3v) is 4.11. The SMILES string of the molecule is COC(=O)C1(C)CC(C2CCNCC2)CN1. The predicted molar refractivity (Wildman–Crippen MR) is 62.1 cm³/mol. The third kappa shape index (κ3) is 2.23. The van der Waals surface area contributed by atoms with Crippen LogP contribution >= 0.6 is 0 Å². The first kappa shape index (κ1) is 11.9. The molecule has 0 aromatic heterocycles. The fraction of sp³-hybridized carbons (Fsp3) is 0.917. The van der Waals surface area contributed by atoms with Gasteiger partial charge in [-0.3, -0.25) is 4.79 Å². The second kappa shape index (κ2) is 4.72. The number of ether oxygens (including phenoxy) is 1. The van der Waals surface area contributed by atoms with Crippen LogP contribution in [-0.4, -0.2) is 38.3 Å². The molecule has 2 aliphatic heterocycles.